The van der Waals surface area contributed by atoms with Gasteiger partial charge in [-0.1, -0.05) is 54.2 Å². The molecule has 4 rings (SSSR count). The van der Waals surface area contributed by atoms with Gasteiger partial charge in [0, 0.05) is 12.6 Å². The molecule has 1 fully saturated rings. The maximum absolute atomic E-state index is 12.7. The van der Waals surface area contributed by atoms with E-state index in [2.05, 4.69) is 22.1 Å². The molecule has 1 saturated carbocycles. The summed E-state index contributed by atoms with van der Waals surface area (Å²) in [6, 6.07) is 18.5. The lowest BCUT2D eigenvalue weighted by molar-refractivity contribution is -0.129. The Hall–Kier alpha value is -2.27. The standard InChI is InChI=1S/C19H19N3OS/c23-18(13-24-19-20-16-8-4-5-9-17(16)21-19)22(15-10-11-15)12-14-6-2-1-3-7-14/h1-9,15H,10-13H2,(H,20,21). The summed E-state index contributed by atoms with van der Waals surface area (Å²) < 4.78 is 0. The lowest BCUT2D eigenvalue weighted by Gasteiger charge is -2.22. The second-order valence-corrected chi connectivity index (χ2v) is 7.05. The van der Waals surface area contributed by atoms with Gasteiger partial charge < -0.3 is 9.88 Å². The molecule has 1 amide bonds. The van der Waals surface area contributed by atoms with Crippen molar-refractivity contribution in [3.63, 3.8) is 0 Å². The third-order valence-corrected chi connectivity index (χ3v) is 5.06. The number of benzene rings is 2. The van der Waals surface area contributed by atoms with Crippen LogP contribution in [0, 0.1) is 0 Å². The van der Waals surface area contributed by atoms with E-state index in [1.165, 1.54) is 17.3 Å². The quantitative estimate of drug-likeness (QED) is 0.695. The Labute approximate surface area is 145 Å². The van der Waals surface area contributed by atoms with E-state index in [0.29, 0.717) is 18.3 Å². The summed E-state index contributed by atoms with van der Waals surface area (Å²) in [6.45, 7) is 0.699. The molecular formula is C19H19N3OS. The van der Waals surface area contributed by atoms with Gasteiger partial charge in [0.05, 0.1) is 16.8 Å². The number of hydrogen-bond acceptors (Lipinski definition) is 3. The number of nitrogens with one attached hydrogen (secondary N) is 1. The Bertz CT molecular complexity index is 809. The Kier molecular flexibility index (Phi) is 4.26. The predicted octanol–water partition coefficient (Wildman–Crippen LogP) is 3.85. The van der Waals surface area contributed by atoms with Crippen LogP contribution in [0.25, 0.3) is 11.0 Å². The summed E-state index contributed by atoms with van der Waals surface area (Å²) in [5.74, 6) is 0.607. The van der Waals surface area contributed by atoms with E-state index in [1.54, 1.807) is 0 Å². The van der Waals surface area contributed by atoms with Crippen LogP contribution >= 0.6 is 11.8 Å². The molecule has 24 heavy (non-hydrogen) atoms. The van der Waals surface area contributed by atoms with Gasteiger partial charge in [-0.15, -0.1) is 0 Å². The number of amides is 1. The smallest absolute Gasteiger partial charge is 0.233 e. The van der Waals surface area contributed by atoms with Crippen LogP contribution in [0.2, 0.25) is 0 Å². The number of para-hydroxylation sites is 2. The highest BCUT2D eigenvalue weighted by Crippen LogP contribution is 2.29. The predicted molar refractivity (Wildman–Crippen MR) is 96.8 cm³/mol. The number of aromatic amines is 1. The fraction of sp³-hybridized carbons (Fsp3) is 0.263. The van der Waals surface area contributed by atoms with Crippen molar-refractivity contribution in [2.45, 2.75) is 30.6 Å². The molecule has 1 aliphatic rings. The number of carbonyl (C=O) groups excluding carboxylic acids is 1. The summed E-state index contributed by atoms with van der Waals surface area (Å²) >= 11 is 1.48. The summed E-state index contributed by atoms with van der Waals surface area (Å²) in [4.78, 5) is 22.5. The second-order valence-electron chi connectivity index (χ2n) is 6.09. The zero-order chi connectivity index (χ0) is 16.4. The number of fused-ring (bicyclic) bond motifs is 1. The highest BCUT2D eigenvalue weighted by molar-refractivity contribution is 7.99. The van der Waals surface area contributed by atoms with Crippen molar-refractivity contribution in [2.75, 3.05) is 5.75 Å². The van der Waals surface area contributed by atoms with Crippen LogP contribution in [0.4, 0.5) is 0 Å². The monoisotopic (exact) mass is 337 g/mol. The van der Waals surface area contributed by atoms with E-state index < -0.39 is 0 Å². The molecule has 1 N–H and O–H groups in total. The van der Waals surface area contributed by atoms with Gasteiger partial charge in [-0.25, -0.2) is 4.98 Å². The molecule has 0 spiro atoms. The average Bonchev–Trinajstić information content (AvgIpc) is 3.37. The Balaban J connectivity index is 1.41. The minimum Gasteiger partial charge on any atom is -0.335 e. The normalized spacial score (nSPS) is 14.0. The number of carbonyl (C=O) groups is 1. The SMILES string of the molecule is O=C(CSc1nc2ccccc2[nH]1)N(Cc1ccccc1)C1CC1. The van der Waals surface area contributed by atoms with Crippen LogP contribution in [0.15, 0.2) is 59.8 Å². The Morgan fingerprint density at radius 2 is 1.88 bits per heavy atom. The summed E-state index contributed by atoms with van der Waals surface area (Å²) in [5, 5.41) is 0.806. The number of imidazole rings is 1. The highest BCUT2D eigenvalue weighted by Gasteiger charge is 2.32. The van der Waals surface area contributed by atoms with E-state index in [9.17, 15) is 4.79 Å². The first-order valence-electron chi connectivity index (χ1n) is 8.20. The largest absolute Gasteiger partial charge is 0.335 e. The van der Waals surface area contributed by atoms with Gasteiger partial charge in [-0.2, -0.15) is 0 Å². The summed E-state index contributed by atoms with van der Waals surface area (Å²) in [7, 11) is 0. The minimum absolute atomic E-state index is 0.187. The van der Waals surface area contributed by atoms with Gasteiger partial charge in [0.1, 0.15) is 0 Å². The Morgan fingerprint density at radius 3 is 2.62 bits per heavy atom. The molecule has 4 nitrogen and oxygen atoms in total. The topological polar surface area (TPSA) is 49.0 Å². The lowest BCUT2D eigenvalue weighted by atomic mass is 10.2. The van der Waals surface area contributed by atoms with Crippen LogP contribution in [0.3, 0.4) is 0 Å². The van der Waals surface area contributed by atoms with Gasteiger partial charge in [0.15, 0.2) is 5.16 Å². The van der Waals surface area contributed by atoms with Gasteiger partial charge in [0.25, 0.3) is 0 Å². The summed E-state index contributed by atoms with van der Waals surface area (Å²) in [5.41, 5.74) is 3.14. The molecule has 1 heterocycles. The van der Waals surface area contributed by atoms with E-state index in [1.807, 2.05) is 47.4 Å². The molecule has 5 heteroatoms. The molecular weight excluding hydrogens is 318 g/mol. The number of hydrogen-bond donors (Lipinski definition) is 1. The highest BCUT2D eigenvalue weighted by atomic mass is 32.2. The molecule has 1 aliphatic carbocycles. The Morgan fingerprint density at radius 1 is 1.12 bits per heavy atom. The van der Waals surface area contributed by atoms with Gasteiger partial charge in [0.2, 0.25) is 5.91 Å². The van der Waals surface area contributed by atoms with Gasteiger partial charge in [-0.05, 0) is 30.5 Å². The van der Waals surface area contributed by atoms with Crippen LogP contribution in [0.1, 0.15) is 18.4 Å². The van der Waals surface area contributed by atoms with Crippen molar-refractivity contribution in [1.29, 1.82) is 0 Å². The van der Waals surface area contributed by atoms with Crippen LogP contribution < -0.4 is 0 Å². The molecule has 0 saturated heterocycles. The van der Waals surface area contributed by atoms with E-state index >= 15 is 0 Å². The molecule has 3 aromatic rings. The first-order valence-corrected chi connectivity index (χ1v) is 9.19. The molecule has 0 radical (unpaired) electrons. The number of thioether (sulfide) groups is 1. The second kappa shape index (κ2) is 6.69. The first-order chi connectivity index (χ1) is 11.8. The number of nitrogens with zero attached hydrogens (tertiary/aromatic N) is 2. The molecule has 0 aliphatic heterocycles. The van der Waals surface area contributed by atoms with E-state index in [4.69, 9.17) is 0 Å². The van der Waals surface area contributed by atoms with Crippen molar-refractivity contribution >= 4 is 28.7 Å². The molecule has 0 bridgehead atoms. The molecule has 122 valence electrons. The molecule has 2 aromatic carbocycles. The molecule has 0 atom stereocenters. The average molecular weight is 337 g/mol. The third kappa shape index (κ3) is 3.46. The fourth-order valence-electron chi connectivity index (χ4n) is 2.80. The molecule has 0 unspecified atom stereocenters. The van der Waals surface area contributed by atoms with E-state index in [0.717, 1.165) is 29.0 Å². The van der Waals surface area contributed by atoms with E-state index in [-0.39, 0.29) is 5.91 Å². The van der Waals surface area contributed by atoms with Crippen molar-refractivity contribution in [3.05, 3.63) is 60.2 Å². The van der Waals surface area contributed by atoms with Crippen LogP contribution in [-0.2, 0) is 11.3 Å². The van der Waals surface area contributed by atoms with Crippen molar-refractivity contribution in [2.24, 2.45) is 0 Å². The molecule has 1 aromatic heterocycles. The number of H-pyrrole nitrogens is 1. The van der Waals surface area contributed by atoms with Gasteiger partial charge >= 0.3 is 0 Å². The van der Waals surface area contributed by atoms with Crippen LogP contribution in [0.5, 0.6) is 0 Å². The number of rotatable bonds is 6. The maximum atomic E-state index is 12.7. The van der Waals surface area contributed by atoms with Crippen LogP contribution in [-0.4, -0.2) is 32.6 Å². The fourth-order valence-corrected chi connectivity index (χ4v) is 3.57. The third-order valence-electron chi connectivity index (χ3n) is 4.20. The van der Waals surface area contributed by atoms with Crippen molar-refractivity contribution in [1.82, 2.24) is 14.9 Å². The lowest BCUT2D eigenvalue weighted by Crippen LogP contribution is -2.33. The minimum atomic E-state index is 0.187. The van der Waals surface area contributed by atoms with Crippen molar-refractivity contribution < 1.29 is 4.79 Å². The zero-order valence-corrected chi connectivity index (χ0v) is 14.1. The first kappa shape index (κ1) is 15.3. The zero-order valence-electron chi connectivity index (χ0n) is 13.3. The van der Waals surface area contributed by atoms with Crippen molar-refractivity contribution in [3.8, 4) is 0 Å². The number of aromatic nitrogens is 2. The maximum Gasteiger partial charge on any atom is 0.233 e. The van der Waals surface area contributed by atoms with Gasteiger partial charge in [-0.3, -0.25) is 4.79 Å². The summed E-state index contributed by atoms with van der Waals surface area (Å²) in [6.07, 6.45) is 2.24.